The van der Waals surface area contributed by atoms with Crippen LogP contribution in [-0.2, 0) is 12.8 Å². The van der Waals surface area contributed by atoms with E-state index in [0.29, 0.717) is 13.1 Å². The highest BCUT2D eigenvalue weighted by molar-refractivity contribution is 5.65. The van der Waals surface area contributed by atoms with Crippen molar-refractivity contribution < 1.29 is 9.90 Å². The number of aryl methyl sites for hydroxylation is 1. The zero-order valence-electron chi connectivity index (χ0n) is 11.3. The topological polar surface area (TPSA) is 43.8 Å². The predicted octanol–water partition coefficient (Wildman–Crippen LogP) is 2.14. The normalized spacial score (nSPS) is 22.8. The average Bonchev–Trinajstić information content (AvgIpc) is 2.45. The summed E-state index contributed by atoms with van der Waals surface area (Å²) < 4.78 is 0. The van der Waals surface area contributed by atoms with Crippen LogP contribution in [0.3, 0.4) is 0 Å². The molecule has 3 rings (SSSR count). The van der Waals surface area contributed by atoms with E-state index in [-0.39, 0.29) is 6.04 Å². The van der Waals surface area contributed by atoms with Gasteiger partial charge in [0, 0.05) is 26.2 Å². The number of carbonyl (C=O) groups is 1. The van der Waals surface area contributed by atoms with Crippen LogP contribution in [0.4, 0.5) is 4.79 Å². The molecule has 0 unspecified atom stereocenters. The van der Waals surface area contributed by atoms with Crippen LogP contribution < -0.4 is 0 Å². The summed E-state index contributed by atoms with van der Waals surface area (Å²) in [6.07, 6.45) is 1.35. The molecule has 1 amide bonds. The Bertz CT molecular complexity index is 501. The number of hydrogen-bond acceptors (Lipinski definition) is 2. The highest BCUT2D eigenvalue weighted by Gasteiger charge is 2.34. The molecular weight excluding hydrogens is 240 g/mol. The van der Waals surface area contributed by atoms with E-state index in [9.17, 15) is 4.79 Å². The van der Waals surface area contributed by atoms with Crippen LogP contribution in [0.1, 0.15) is 29.7 Å². The zero-order valence-corrected chi connectivity index (χ0v) is 11.3. The molecule has 1 fully saturated rings. The molecule has 1 aromatic rings. The number of benzene rings is 1. The number of carboxylic acid groups (broad SMARTS) is 1. The smallest absolute Gasteiger partial charge is 0.407 e. The maximum Gasteiger partial charge on any atom is 0.407 e. The highest BCUT2D eigenvalue weighted by Crippen LogP contribution is 2.33. The Balaban J connectivity index is 1.90. The van der Waals surface area contributed by atoms with E-state index in [1.807, 2.05) is 0 Å². The number of fused-ring (bicyclic) bond motifs is 3. The zero-order chi connectivity index (χ0) is 13.4. The summed E-state index contributed by atoms with van der Waals surface area (Å²) in [5.74, 6) is 0. The van der Waals surface area contributed by atoms with Gasteiger partial charge < -0.3 is 10.0 Å². The first-order chi connectivity index (χ1) is 9.19. The molecule has 4 heteroatoms. The Labute approximate surface area is 113 Å². The predicted molar refractivity (Wildman–Crippen MR) is 73.4 cm³/mol. The van der Waals surface area contributed by atoms with Crippen molar-refractivity contribution in [1.29, 1.82) is 0 Å². The summed E-state index contributed by atoms with van der Waals surface area (Å²) >= 11 is 0. The maximum absolute atomic E-state index is 11.1. The van der Waals surface area contributed by atoms with Crippen molar-refractivity contribution >= 4 is 6.09 Å². The van der Waals surface area contributed by atoms with E-state index in [2.05, 4.69) is 30.0 Å². The van der Waals surface area contributed by atoms with E-state index in [4.69, 9.17) is 5.11 Å². The Morgan fingerprint density at radius 2 is 2.21 bits per heavy atom. The molecular formula is C15H20N2O2. The van der Waals surface area contributed by atoms with Crippen LogP contribution in [-0.4, -0.2) is 47.2 Å². The van der Waals surface area contributed by atoms with Crippen LogP contribution in [0.2, 0.25) is 0 Å². The van der Waals surface area contributed by atoms with E-state index in [1.54, 1.807) is 4.90 Å². The van der Waals surface area contributed by atoms with Crippen LogP contribution in [0, 0.1) is 0 Å². The molecule has 0 aliphatic carbocycles. The molecule has 1 saturated heterocycles. The third kappa shape index (κ3) is 2.21. The number of hydrogen-bond donors (Lipinski definition) is 1. The molecule has 0 radical (unpaired) electrons. The number of nitrogens with zero attached hydrogens (tertiary/aromatic N) is 2. The highest BCUT2D eigenvalue weighted by atomic mass is 16.4. The van der Waals surface area contributed by atoms with Gasteiger partial charge in [-0.05, 0) is 29.5 Å². The summed E-state index contributed by atoms with van der Waals surface area (Å²) in [6.45, 7) is 5.32. The molecule has 1 N–H and O–H groups in total. The van der Waals surface area contributed by atoms with Gasteiger partial charge in [-0.3, -0.25) is 4.90 Å². The van der Waals surface area contributed by atoms with Crippen LogP contribution in [0.15, 0.2) is 18.2 Å². The van der Waals surface area contributed by atoms with Crippen molar-refractivity contribution in [2.24, 2.45) is 0 Å². The SMILES string of the molecule is CCc1ccc2c(c1)CCN1CCN(C(=O)O)C[C@@H]21. The van der Waals surface area contributed by atoms with Crippen LogP contribution >= 0.6 is 0 Å². The first kappa shape index (κ1) is 12.5. The largest absolute Gasteiger partial charge is 0.465 e. The molecule has 19 heavy (non-hydrogen) atoms. The van der Waals surface area contributed by atoms with Crippen molar-refractivity contribution in [3.8, 4) is 0 Å². The summed E-state index contributed by atoms with van der Waals surface area (Å²) in [6, 6.07) is 6.93. The first-order valence-electron chi connectivity index (χ1n) is 7.02. The minimum atomic E-state index is -0.794. The molecule has 102 valence electrons. The Kier molecular flexibility index (Phi) is 3.19. The van der Waals surface area contributed by atoms with E-state index >= 15 is 0 Å². The van der Waals surface area contributed by atoms with Gasteiger partial charge in [0.05, 0.1) is 6.04 Å². The second-order valence-corrected chi connectivity index (χ2v) is 5.42. The van der Waals surface area contributed by atoms with E-state index < -0.39 is 6.09 Å². The van der Waals surface area contributed by atoms with Crippen molar-refractivity contribution in [3.05, 3.63) is 34.9 Å². The second kappa shape index (κ2) is 4.85. The lowest BCUT2D eigenvalue weighted by atomic mass is 9.89. The summed E-state index contributed by atoms with van der Waals surface area (Å²) in [7, 11) is 0. The molecule has 2 heterocycles. The summed E-state index contributed by atoms with van der Waals surface area (Å²) in [4.78, 5) is 15.1. The standard InChI is InChI=1S/C15H20N2O2/c1-2-11-3-4-13-12(9-11)5-6-16-7-8-17(15(18)19)10-14(13)16/h3-4,9,14H,2,5-8,10H2,1H3,(H,18,19)/t14-/m0/s1. The van der Waals surface area contributed by atoms with Gasteiger partial charge in [-0.25, -0.2) is 4.79 Å². The van der Waals surface area contributed by atoms with Gasteiger partial charge >= 0.3 is 6.09 Å². The summed E-state index contributed by atoms with van der Waals surface area (Å²) in [5.41, 5.74) is 4.11. The van der Waals surface area contributed by atoms with Crippen molar-refractivity contribution in [2.75, 3.05) is 26.2 Å². The fraction of sp³-hybridized carbons (Fsp3) is 0.533. The third-order valence-corrected chi connectivity index (χ3v) is 4.40. The lowest BCUT2D eigenvalue weighted by Crippen LogP contribution is -2.52. The first-order valence-corrected chi connectivity index (χ1v) is 7.02. The molecule has 2 aliphatic rings. The quantitative estimate of drug-likeness (QED) is 0.841. The lowest BCUT2D eigenvalue weighted by molar-refractivity contribution is 0.0634. The number of piperazine rings is 1. The molecule has 0 spiro atoms. The molecule has 0 aromatic heterocycles. The lowest BCUT2D eigenvalue weighted by Gasteiger charge is -2.44. The van der Waals surface area contributed by atoms with Gasteiger partial charge in [0.15, 0.2) is 0 Å². The minimum Gasteiger partial charge on any atom is -0.465 e. The molecule has 4 nitrogen and oxygen atoms in total. The average molecular weight is 260 g/mol. The molecule has 0 saturated carbocycles. The van der Waals surface area contributed by atoms with Gasteiger partial charge in [0.2, 0.25) is 0 Å². The maximum atomic E-state index is 11.1. The summed E-state index contributed by atoms with van der Waals surface area (Å²) in [5, 5.41) is 9.17. The fourth-order valence-corrected chi connectivity index (χ4v) is 3.24. The molecule has 2 aliphatic heterocycles. The van der Waals surface area contributed by atoms with E-state index in [0.717, 1.165) is 25.9 Å². The molecule has 0 bridgehead atoms. The van der Waals surface area contributed by atoms with Gasteiger partial charge in [-0.15, -0.1) is 0 Å². The monoisotopic (exact) mass is 260 g/mol. The van der Waals surface area contributed by atoms with E-state index in [1.165, 1.54) is 16.7 Å². The van der Waals surface area contributed by atoms with Crippen molar-refractivity contribution in [3.63, 3.8) is 0 Å². The Morgan fingerprint density at radius 3 is 2.95 bits per heavy atom. The van der Waals surface area contributed by atoms with Gasteiger partial charge in [0.1, 0.15) is 0 Å². The van der Waals surface area contributed by atoms with Crippen molar-refractivity contribution in [2.45, 2.75) is 25.8 Å². The second-order valence-electron chi connectivity index (χ2n) is 5.42. The molecule has 1 aromatic carbocycles. The van der Waals surface area contributed by atoms with Gasteiger partial charge in [-0.2, -0.15) is 0 Å². The Morgan fingerprint density at radius 1 is 1.37 bits per heavy atom. The van der Waals surface area contributed by atoms with Crippen molar-refractivity contribution in [1.82, 2.24) is 9.80 Å². The minimum absolute atomic E-state index is 0.250. The number of rotatable bonds is 1. The van der Waals surface area contributed by atoms with Crippen LogP contribution in [0.5, 0.6) is 0 Å². The van der Waals surface area contributed by atoms with Crippen LogP contribution in [0.25, 0.3) is 0 Å². The Hall–Kier alpha value is -1.55. The number of amides is 1. The van der Waals surface area contributed by atoms with Gasteiger partial charge in [0.25, 0.3) is 0 Å². The third-order valence-electron chi connectivity index (χ3n) is 4.40. The van der Waals surface area contributed by atoms with Gasteiger partial charge in [-0.1, -0.05) is 25.1 Å². The fourth-order valence-electron chi connectivity index (χ4n) is 3.24. The molecule has 1 atom stereocenters.